The Kier molecular flexibility index (Phi) is 4.02. The minimum absolute atomic E-state index is 0.231. The fraction of sp³-hybridized carbons (Fsp3) is 0.231. The summed E-state index contributed by atoms with van der Waals surface area (Å²) in [7, 11) is 1.63. The summed E-state index contributed by atoms with van der Waals surface area (Å²) in [6, 6.07) is 5.30. The zero-order valence-electron chi connectivity index (χ0n) is 10.9. The van der Waals surface area contributed by atoms with E-state index in [1.807, 2.05) is 19.1 Å². The first-order chi connectivity index (χ1) is 9.22. The van der Waals surface area contributed by atoms with Crippen molar-refractivity contribution in [3.05, 3.63) is 36.8 Å². The van der Waals surface area contributed by atoms with E-state index in [-0.39, 0.29) is 6.03 Å². The number of carbonyl (C=O) groups excluding carboxylic acids is 1. The van der Waals surface area contributed by atoms with Crippen molar-refractivity contribution in [1.29, 1.82) is 0 Å². The second kappa shape index (κ2) is 5.90. The number of nitrogens with zero attached hydrogens (tertiary/aromatic N) is 4. The molecule has 0 radical (unpaired) electrons. The van der Waals surface area contributed by atoms with Crippen molar-refractivity contribution in [2.75, 3.05) is 18.5 Å². The highest BCUT2D eigenvalue weighted by Gasteiger charge is 2.13. The number of urea groups is 1. The lowest BCUT2D eigenvalue weighted by Gasteiger charge is -2.15. The van der Waals surface area contributed by atoms with Crippen LogP contribution in [0.15, 0.2) is 36.8 Å². The van der Waals surface area contributed by atoms with Crippen LogP contribution in [0.1, 0.15) is 6.92 Å². The Hall–Kier alpha value is -2.50. The highest BCUT2D eigenvalue weighted by Crippen LogP contribution is 2.17. The van der Waals surface area contributed by atoms with Crippen LogP contribution in [0.4, 0.5) is 10.7 Å². The fourth-order valence-corrected chi connectivity index (χ4v) is 1.55. The molecule has 1 N–H and O–H groups in total. The summed E-state index contributed by atoms with van der Waals surface area (Å²) in [4.78, 5) is 25.6. The minimum atomic E-state index is -0.231. The van der Waals surface area contributed by atoms with Crippen molar-refractivity contribution in [2.24, 2.45) is 0 Å². The van der Waals surface area contributed by atoms with Gasteiger partial charge in [0, 0.05) is 37.7 Å². The van der Waals surface area contributed by atoms with Crippen molar-refractivity contribution in [2.45, 2.75) is 6.92 Å². The largest absolute Gasteiger partial charge is 0.338 e. The maximum atomic E-state index is 11.7. The molecule has 2 amide bonds. The van der Waals surface area contributed by atoms with Gasteiger partial charge in [-0.25, -0.2) is 14.8 Å². The molecule has 0 saturated heterocycles. The number of anilines is 1. The zero-order valence-corrected chi connectivity index (χ0v) is 10.9. The molecule has 0 unspecified atom stereocenters. The van der Waals surface area contributed by atoms with Gasteiger partial charge in [0.1, 0.15) is 0 Å². The Balaban J connectivity index is 2.27. The molecule has 0 aliphatic carbocycles. The Morgan fingerprint density at radius 3 is 2.89 bits per heavy atom. The molecule has 0 saturated carbocycles. The van der Waals surface area contributed by atoms with Crippen molar-refractivity contribution >= 4 is 12.0 Å². The van der Waals surface area contributed by atoms with Gasteiger partial charge >= 0.3 is 6.03 Å². The van der Waals surface area contributed by atoms with Crippen LogP contribution in [-0.4, -0.2) is 34.6 Å². The number of pyridine rings is 1. The van der Waals surface area contributed by atoms with Gasteiger partial charge < -0.3 is 5.32 Å². The molecule has 2 heterocycles. The Labute approximate surface area is 111 Å². The molecule has 6 heteroatoms. The standard InChI is InChI=1S/C13H15N5O/c1-3-15-13(19)18(2)12-16-8-6-11(17-12)10-5-4-7-14-9-10/h4-9H,3H2,1-2H3,(H,15,19). The third-order valence-electron chi connectivity index (χ3n) is 2.53. The van der Waals surface area contributed by atoms with Crippen LogP contribution in [0, 0.1) is 0 Å². The average Bonchev–Trinajstić information content (AvgIpc) is 2.48. The van der Waals surface area contributed by atoms with Crippen molar-refractivity contribution in [3.8, 4) is 11.3 Å². The molecular weight excluding hydrogens is 242 g/mol. The Morgan fingerprint density at radius 1 is 1.37 bits per heavy atom. The number of amides is 2. The first-order valence-corrected chi connectivity index (χ1v) is 5.97. The van der Waals surface area contributed by atoms with E-state index in [9.17, 15) is 4.79 Å². The molecule has 0 aromatic carbocycles. The van der Waals surface area contributed by atoms with E-state index in [2.05, 4.69) is 20.3 Å². The van der Waals surface area contributed by atoms with Crippen LogP contribution in [0.2, 0.25) is 0 Å². The van der Waals surface area contributed by atoms with E-state index >= 15 is 0 Å². The van der Waals surface area contributed by atoms with E-state index in [1.165, 1.54) is 4.90 Å². The summed E-state index contributed by atoms with van der Waals surface area (Å²) in [5.74, 6) is 0.354. The number of hydrogen-bond acceptors (Lipinski definition) is 4. The molecule has 6 nitrogen and oxygen atoms in total. The van der Waals surface area contributed by atoms with Crippen LogP contribution >= 0.6 is 0 Å². The van der Waals surface area contributed by atoms with Gasteiger partial charge in [-0.05, 0) is 25.1 Å². The number of aromatic nitrogens is 3. The van der Waals surface area contributed by atoms with Crippen LogP contribution in [-0.2, 0) is 0 Å². The van der Waals surface area contributed by atoms with E-state index in [4.69, 9.17) is 0 Å². The Morgan fingerprint density at radius 2 is 2.21 bits per heavy atom. The quantitative estimate of drug-likeness (QED) is 0.908. The average molecular weight is 257 g/mol. The molecule has 0 fully saturated rings. The van der Waals surface area contributed by atoms with Gasteiger partial charge in [-0.15, -0.1) is 0 Å². The number of carbonyl (C=O) groups is 1. The van der Waals surface area contributed by atoms with Gasteiger partial charge in [-0.3, -0.25) is 9.88 Å². The predicted octanol–water partition coefficient (Wildman–Crippen LogP) is 1.70. The van der Waals surface area contributed by atoms with E-state index in [1.54, 1.807) is 31.7 Å². The molecule has 19 heavy (non-hydrogen) atoms. The van der Waals surface area contributed by atoms with Crippen LogP contribution < -0.4 is 10.2 Å². The molecule has 0 spiro atoms. The van der Waals surface area contributed by atoms with Crippen molar-refractivity contribution in [3.63, 3.8) is 0 Å². The summed E-state index contributed by atoms with van der Waals surface area (Å²) in [5, 5.41) is 2.70. The normalized spacial score (nSPS) is 10.0. The van der Waals surface area contributed by atoms with Crippen molar-refractivity contribution < 1.29 is 4.79 Å². The van der Waals surface area contributed by atoms with Gasteiger partial charge in [-0.2, -0.15) is 0 Å². The van der Waals surface area contributed by atoms with Gasteiger partial charge in [0.05, 0.1) is 5.69 Å². The zero-order chi connectivity index (χ0) is 13.7. The summed E-state index contributed by atoms with van der Waals surface area (Å²) in [6.45, 7) is 2.42. The van der Waals surface area contributed by atoms with Crippen LogP contribution in [0.25, 0.3) is 11.3 Å². The second-order valence-corrected chi connectivity index (χ2v) is 3.88. The predicted molar refractivity (Wildman–Crippen MR) is 72.7 cm³/mol. The van der Waals surface area contributed by atoms with Gasteiger partial charge in [0.2, 0.25) is 5.95 Å². The third kappa shape index (κ3) is 3.04. The second-order valence-electron chi connectivity index (χ2n) is 3.88. The number of nitrogens with one attached hydrogen (secondary N) is 1. The molecule has 98 valence electrons. The summed E-state index contributed by atoms with van der Waals surface area (Å²) >= 11 is 0. The molecular formula is C13H15N5O. The van der Waals surface area contributed by atoms with Gasteiger partial charge in [0.25, 0.3) is 0 Å². The monoisotopic (exact) mass is 257 g/mol. The lowest BCUT2D eigenvalue weighted by Crippen LogP contribution is -2.38. The SMILES string of the molecule is CCNC(=O)N(C)c1nccc(-c2cccnc2)n1. The Bertz CT molecular complexity index is 558. The molecule has 0 atom stereocenters. The summed E-state index contributed by atoms with van der Waals surface area (Å²) in [5.41, 5.74) is 1.62. The highest BCUT2D eigenvalue weighted by molar-refractivity contribution is 5.89. The lowest BCUT2D eigenvalue weighted by molar-refractivity contribution is 0.247. The van der Waals surface area contributed by atoms with Crippen molar-refractivity contribution in [1.82, 2.24) is 20.3 Å². The molecule has 2 aromatic heterocycles. The topological polar surface area (TPSA) is 71.0 Å². The molecule has 2 aromatic rings. The molecule has 0 aliphatic rings. The maximum absolute atomic E-state index is 11.7. The van der Waals surface area contributed by atoms with Crippen LogP contribution in [0.5, 0.6) is 0 Å². The van der Waals surface area contributed by atoms with E-state index < -0.39 is 0 Å². The summed E-state index contributed by atoms with van der Waals surface area (Å²) < 4.78 is 0. The highest BCUT2D eigenvalue weighted by atomic mass is 16.2. The lowest BCUT2D eigenvalue weighted by atomic mass is 10.2. The number of rotatable bonds is 3. The summed E-state index contributed by atoms with van der Waals surface area (Å²) in [6.07, 6.45) is 5.05. The van der Waals surface area contributed by atoms with E-state index in [0.717, 1.165) is 11.3 Å². The molecule has 0 aliphatic heterocycles. The van der Waals surface area contributed by atoms with Gasteiger partial charge in [-0.1, -0.05) is 0 Å². The first kappa shape index (κ1) is 12.9. The minimum Gasteiger partial charge on any atom is -0.338 e. The van der Waals surface area contributed by atoms with E-state index in [0.29, 0.717) is 12.5 Å². The van der Waals surface area contributed by atoms with Gasteiger partial charge in [0.15, 0.2) is 0 Å². The third-order valence-corrected chi connectivity index (χ3v) is 2.53. The maximum Gasteiger partial charge on any atom is 0.323 e. The first-order valence-electron chi connectivity index (χ1n) is 5.97. The molecule has 0 bridgehead atoms. The molecule has 2 rings (SSSR count). The number of hydrogen-bond donors (Lipinski definition) is 1. The smallest absolute Gasteiger partial charge is 0.323 e. The fourth-order valence-electron chi connectivity index (χ4n) is 1.55. The van der Waals surface area contributed by atoms with Crippen LogP contribution in [0.3, 0.4) is 0 Å².